The lowest BCUT2D eigenvalue weighted by molar-refractivity contribution is -0.384. The third-order valence-corrected chi connectivity index (χ3v) is 4.85. The summed E-state index contributed by atoms with van der Waals surface area (Å²) in [5.74, 6) is -1.07. The number of hydrogen-bond donors (Lipinski definition) is 1. The molecule has 1 N–H and O–H groups in total. The number of halogens is 2. The van der Waals surface area contributed by atoms with Crippen LogP contribution in [0.1, 0.15) is 12.0 Å². The molecular weight excluding hydrogens is 424 g/mol. The first kappa shape index (κ1) is 23.2. The van der Waals surface area contributed by atoms with Gasteiger partial charge in [0.15, 0.2) is 0 Å². The Balaban J connectivity index is 1.59. The Morgan fingerprint density at radius 2 is 2.00 bits per heavy atom. The highest BCUT2D eigenvalue weighted by Crippen LogP contribution is 2.27. The highest BCUT2D eigenvalue weighted by Gasteiger charge is 2.34. The number of nitro groups is 1. The smallest absolute Gasteiger partial charge is 0.269 e. The number of likely N-dealkylation sites (N-methyl/N-ethyl adjacent to an activating group) is 1. The van der Waals surface area contributed by atoms with E-state index in [1.54, 1.807) is 11.9 Å². The van der Waals surface area contributed by atoms with E-state index in [9.17, 15) is 24.0 Å². The lowest BCUT2D eigenvalue weighted by Gasteiger charge is -2.33. The molecule has 3 rings (SSSR count). The lowest BCUT2D eigenvalue weighted by Crippen LogP contribution is -2.43. The Morgan fingerprint density at radius 1 is 1.25 bits per heavy atom. The summed E-state index contributed by atoms with van der Waals surface area (Å²) in [5, 5.41) is 26.0. The highest BCUT2D eigenvalue weighted by atomic mass is 19.1. The first-order valence-electron chi connectivity index (χ1n) is 9.83. The van der Waals surface area contributed by atoms with Gasteiger partial charge in [0.2, 0.25) is 0 Å². The van der Waals surface area contributed by atoms with Crippen LogP contribution in [0.3, 0.4) is 0 Å². The third-order valence-electron chi connectivity index (χ3n) is 4.85. The number of aliphatic hydroxyl groups is 1. The third kappa shape index (κ3) is 6.05. The topological polar surface area (TPSA) is 107 Å². The van der Waals surface area contributed by atoms with Gasteiger partial charge in [-0.2, -0.15) is 5.10 Å². The van der Waals surface area contributed by atoms with Gasteiger partial charge in [-0.15, -0.1) is 0 Å². The summed E-state index contributed by atoms with van der Waals surface area (Å²) in [6.07, 6.45) is 3.30. The Hall–Kier alpha value is -3.44. The van der Waals surface area contributed by atoms with Gasteiger partial charge in [-0.05, 0) is 31.7 Å². The molecule has 0 spiro atoms. The van der Waals surface area contributed by atoms with Gasteiger partial charge in [0.1, 0.15) is 35.6 Å². The number of rotatable bonds is 11. The van der Waals surface area contributed by atoms with Gasteiger partial charge in [-0.1, -0.05) is 6.07 Å². The summed E-state index contributed by atoms with van der Waals surface area (Å²) in [6, 6.07) is 8.84. The van der Waals surface area contributed by atoms with Crippen LogP contribution in [0.4, 0.5) is 14.5 Å². The van der Waals surface area contributed by atoms with Gasteiger partial charge in [0.25, 0.3) is 5.69 Å². The zero-order valence-electron chi connectivity index (χ0n) is 17.4. The van der Waals surface area contributed by atoms with Crippen molar-refractivity contribution < 1.29 is 23.5 Å². The summed E-state index contributed by atoms with van der Waals surface area (Å²) >= 11 is 0. The molecular formula is C21H23F2N5O4. The molecule has 0 fully saturated rings. The molecule has 0 aliphatic heterocycles. The van der Waals surface area contributed by atoms with E-state index < -0.39 is 22.2 Å². The molecule has 1 heterocycles. The van der Waals surface area contributed by atoms with Crippen LogP contribution in [-0.4, -0.2) is 56.4 Å². The van der Waals surface area contributed by atoms with Gasteiger partial charge in [-0.3, -0.25) is 10.1 Å². The Labute approximate surface area is 183 Å². The molecule has 0 radical (unpaired) electrons. The molecule has 0 amide bonds. The normalized spacial score (nSPS) is 13.2. The average molecular weight is 447 g/mol. The van der Waals surface area contributed by atoms with Gasteiger partial charge >= 0.3 is 0 Å². The van der Waals surface area contributed by atoms with Crippen LogP contribution in [0.2, 0.25) is 0 Å². The number of nitrogens with zero attached hydrogens (tertiary/aromatic N) is 5. The van der Waals surface area contributed by atoms with Crippen molar-refractivity contribution in [1.82, 2.24) is 19.7 Å². The molecule has 1 atom stereocenters. The van der Waals surface area contributed by atoms with Crippen LogP contribution in [0.25, 0.3) is 0 Å². The van der Waals surface area contributed by atoms with Crippen LogP contribution >= 0.6 is 0 Å². The summed E-state index contributed by atoms with van der Waals surface area (Å²) in [5.41, 5.74) is -1.74. The summed E-state index contributed by atoms with van der Waals surface area (Å²) < 4.78 is 34.8. The fraction of sp³-hybridized carbons (Fsp3) is 0.333. The second-order valence-corrected chi connectivity index (χ2v) is 7.44. The first-order valence-corrected chi connectivity index (χ1v) is 9.83. The molecule has 9 nitrogen and oxygen atoms in total. The van der Waals surface area contributed by atoms with E-state index >= 15 is 0 Å². The molecule has 0 saturated heterocycles. The van der Waals surface area contributed by atoms with Gasteiger partial charge in [0, 0.05) is 36.9 Å². The molecule has 1 unspecified atom stereocenters. The monoisotopic (exact) mass is 447 g/mol. The maximum Gasteiger partial charge on any atom is 0.269 e. The Bertz CT molecular complexity index is 1030. The van der Waals surface area contributed by atoms with E-state index in [1.807, 2.05) is 0 Å². The minimum Gasteiger partial charge on any atom is -0.494 e. The van der Waals surface area contributed by atoms with E-state index in [4.69, 9.17) is 4.74 Å². The maximum absolute atomic E-state index is 14.5. The molecule has 3 aromatic rings. The van der Waals surface area contributed by atoms with Crippen LogP contribution in [-0.2, 0) is 12.1 Å². The summed E-state index contributed by atoms with van der Waals surface area (Å²) in [4.78, 5) is 15.9. The highest BCUT2D eigenvalue weighted by molar-refractivity contribution is 5.35. The molecule has 32 heavy (non-hydrogen) atoms. The van der Waals surface area contributed by atoms with Crippen LogP contribution in [0, 0.1) is 21.7 Å². The predicted molar refractivity (Wildman–Crippen MR) is 111 cm³/mol. The molecule has 0 bridgehead atoms. The largest absolute Gasteiger partial charge is 0.494 e. The van der Waals surface area contributed by atoms with Crippen molar-refractivity contribution in [1.29, 1.82) is 0 Å². The van der Waals surface area contributed by atoms with Crippen molar-refractivity contribution >= 4 is 5.69 Å². The lowest BCUT2D eigenvalue weighted by atomic mass is 9.92. The SMILES string of the molecule is CN(CCCOc1ccc([N+](=O)[O-])cc1)CC(O)(Cn1cncn1)c1ccc(F)cc1F. The fourth-order valence-electron chi connectivity index (χ4n) is 3.38. The van der Waals surface area contributed by atoms with Crippen molar-refractivity contribution in [2.24, 2.45) is 0 Å². The van der Waals surface area contributed by atoms with Crippen LogP contribution in [0.15, 0.2) is 55.1 Å². The van der Waals surface area contributed by atoms with Crippen molar-refractivity contribution in [3.05, 3.63) is 82.4 Å². The molecule has 0 saturated carbocycles. The van der Waals surface area contributed by atoms with E-state index in [0.29, 0.717) is 25.3 Å². The van der Waals surface area contributed by atoms with Crippen molar-refractivity contribution in [3.8, 4) is 5.75 Å². The molecule has 0 aliphatic carbocycles. The Morgan fingerprint density at radius 3 is 2.62 bits per heavy atom. The molecule has 1 aromatic heterocycles. The number of benzene rings is 2. The zero-order chi connectivity index (χ0) is 23.1. The second kappa shape index (κ2) is 10.2. The van der Waals surface area contributed by atoms with E-state index in [0.717, 1.165) is 12.1 Å². The van der Waals surface area contributed by atoms with Crippen molar-refractivity contribution in [3.63, 3.8) is 0 Å². The summed E-state index contributed by atoms with van der Waals surface area (Å²) in [6.45, 7) is 0.830. The molecule has 0 aliphatic rings. The van der Waals surface area contributed by atoms with Gasteiger partial charge in [0.05, 0.1) is 18.1 Å². The Kier molecular flexibility index (Phi) is 7.44. The molecule has 2 aromatic carbocycles. The number of hydrogen-bond acceptors (Lipinski definition) is 7. The molecule has 170 valence electrons. The fourth-order valence-corrected chi connectivity index (χ4v) is 3.38. The standard InChI is InChI=1S/C21H23F2N5O4/c1-26(9-2-10-32-18-6-4-17(5-7-18)28(30)31)12-21(29,13-27-15-24-14-25-27)19-8-3-16(22)11-20(19)23/h3-8,11,14-15,29H,2,9-10,12-13H2,1H3. The minimum absolute atomic E-state index is 0.0169. The van der Waals surface area contributed by atoms with E-state index in [-0.39, 0.29) is 24.3 Å². The summed E-state index contributed by atoms with van der Waals surface area (Å²) in [7, 11) is 1.76. The van der Waals surface area contributed by atoms with E-state index in [1.165, 1.54) is 47.7 Å². The zero-order valence-corrected chi connectivity index (χ0v) is 17.4. The van der Waals surface area contributed by atoms with Gasteiger partial charge < -0.3 is 14.7 Å². The average Bonchev–Trinajstić information content (AvgIpc) is 3.24. The quantitative estimate of drug-likeness (QED) is 0.274. The van der Waals surface area contributed by atoms with E-state index in [2.05, 4.69) is 10.1 Å². The minimum atomic E-state index is -1.68. The second-order valence-electron chi connectivity index (χ2n) is 7.44. The van der Waals surface area contributed by atoms with Crippen LogP contribution < -0.4 is 4.74 Å². The maximum atomic E-state index is 14.5. The number of non-ortho nitro benzene ring substituents is 1. The number of ether oxygens (including phenoxy) is 1. The first-order chi connectivity index (χ1) is 15.3. The number of nitro benzene ring substituents is 1. The van der Waals surface area contributed by atoms with Gasteiger partial charge in [-0.25, -0.2) is 18.4 Å². The van der Waals surface area contributed by atoms with Crippen LogP contribution in [0.5, 0.6) is 5.75 Å². The van der Waals surface area contributed by atoms with Crippen molar-refractivity contribution in [2.75, 3.05) is 26.7 Å². The number of aromatic nitrogens is 3. The molecule has 11 heteroatoms. The predicted octanol–water partition coefficient (Wildman–Crippen LogP) is 2.75. The van der Waals surface area contributed by atoms with Crippen molar-refractivity contribution in [2.45, 2.75) is 18.6 Å².